The summed E-state index contributed by atoms with van der Waals surface area (Å²) in [5.41, 5.74) is 2.35. The van der Waals surface area contributed by atoms with Crippen molar-refractivity contribution in [3.8, 4) is 11.5 Å². The van der Waals surface area contributed by atoms with Crippen LogP contribution in [-0.2, 0) is 10.0 Å². The summed E-state index contributed by atoms with van der Waals surface area (Å²) < 4.78 is 39.0. The second-order valence-corrected chi connectivity index (χ2v) is 8.75. The van der Waals surface area contributed by atoms with Crippen LogP contribution in [0.15, 0.2) is 47.4 Å². The minimum absolute atomic E-state index is 0.0254. The highest BCUT2D eigenvalue weighted by atomic mass is 32.2. The zero-order chi connectivity index (χ0) is 18.9. The van der Waals surface area contributed by atoms with Crippen LogP contribution in [0.3, 0.4) is 0 Å². The lowest BCUT2D eigenvalue weighted by molar-refractivity contribution is 0.174. The van der Waals surface area contributed by atoms with Crippen LogP contribution in [0.2, 0.25) is 0 Å². The number of aryl methyl sites for hydroxylation is 1. The highest BCUT2D eigenvalue weighted by Gasteiger charge is 2.27. The van der Waals surface area contributed by atoms with E-state index in [2.05, 4.69) is 28.7 Å². The smallest absolute Gasteiger partial charge is 0.240 e. The number of sulfonamides is 1. The van der Waals surface area contributed by atoms with Gasteiger partial charge in [0.25, 0.3) is 0 Å². The fraction of sp³-hybridized carbons (Fsp3) is 0.400. The van der Waals surface area contributed by atoms with Crippen molar-refractivity contribution in [1.29, 1.82) is 0 Å². The molecule has 0 saturated carbocycles. The topological polar surface area (TPSA) is 67.9 Å². The summed E-state index contributed by atoms with van der Waals surface area (Å²) >= 11 is 0. The van der Waals surface area contributed by atoms with E-state index in [0.717, 1.165) is 25.9 Å². The molecule has 2 aromatic carbocycles. The molecule has 7 heteroatoms. The molecule has 1 unspecified atom stereocenters. The molecule has 0 spiro atoms. The number of hydrogen-bond acceptors (Lipinski definition) is 5. The van der Waals surface area contributed by atoms with Crippen LogP contribution in [0.5, 0.6) is 11.5 Å². The van der Waals surface area contributed by atoms with E-state index in [0.29, 0.717) is 18.0 Å². The first kappa shape index (κ1) is 18.3. The SMILES string of the molecule is Cc1ccccc1C(CNS(=O)(=O)c1ccc2c(c1)OCO2)N1CCCC1. The molecule has 0 radical (unpaired) electrons. The van der Waals surface area contributed by atoms with Gasteiger partial charge in [0.15, 0.2) is 11.5 Å². The van der Waals surface area contributed by atoms with Crippen LogP contribution in [-0.4, -0.2) is 39.7 Å². The highest BCUT2D eigenvalue weighted by molar-refractivity contribution is 7.89. The molecule has 144 valence electrons. The first-order chi connectivity index (χ1) is 13.0. The third-order valence-corrected chi connectivity index (χ3v) is 6.67. The summed E-state index contributed by atoms with van der Waals surface area (Å²) in [6.45, 7) is 4.51. The molecule has 2 aliphatic rings. The van der Waals surface area contributed by atoms with Crippen LogP contribution in [0, 0.1) is 6.92 Å². The summed E-state index contributed by atoms with van der Waals surface area (Å²) in [6, 6.07) is 12.9. The maximum atomic E-state index is 12.8. The molecule has 2 aliphatic heterocycles. The Hall–Kier alpha value is -2.09. The van der Waals surface area contributed by atoms with Gasteiger partial charge in [-0.25, -0.2) is 13.1 Å². The second-order valence-electron chi connectivity index (χ2n) is 6.98. The van der Waals surface area contributed by atoms with Crippen molar-refractivity contribution < 1.29 is 17.9 Å². The Balaban J connectivity index is 1.55. The summed E-state index contributed by atoms with van der Waals surface area (Å²) in [7, 11) is -3.64. The number of benzene rings is 2. The van der Waals surface area contributed by atoms with Crippen LogP contribution >= 0.6 is 0 Å². The van der Waals surface area contributed by atoms with E-state index >= 15 is 0 Å². The van der Waals surface area contributed by atoms with E-state index in [1.807, 2.05) is 12.1 Å². The van der Waals surface area contributed by atoms with Crippen molar-refractivity contribution in [1.82, 2.24) is 9.62 Å². The summed E-state index contributed by atoms with van der Waals surface area (Å²) in [4.78, 5) is 2.56. The van der Waals surface area contributed by atoms with Crippen molar-refractivity contribution in [3.63, 3.8) is 0 Å². The zero-order valence-electron chi connectivity index (χ0n) is 15.3. The predicted molar refractivity (Wildman–Crippen MR) is 102 cm³/mol. The lowest BCUT2D eigenvalue weighted by Gasteiger charge is -2.29. The van der Waals surface area contributed by atoms with Crippen LogP contribution in [0.4, 0.5) is 0 Å². The van der Waals surface area contributed by atoms with Crippen molar-refractivity contribution in [2.45, 2.75) is 30.7 Å². The van der Waals surface area contributed by atoms with E-state index < -0.39 is 10.0 Å². The first-order valence-electron chi connectivity index (χ1n) is 9.23. The summed E-state index contributed by atoms with van der Waals surface area (Å²) in [6.07, 6.45) is 2.30. The van der Waals surface area contributed by atoms with Gasteiger partial charge in [-0.05, 0) is 56.1 Å². The Kier molecular flexibility index (Phi) is 5.08. The molecule has 0 bridgehead atoms. The van der Waals surface area contributed by atoms with E-state index in [1.165, 1.54) is 17.2 Å². The molecule has 27 heavy (non-hydrogen) atoms. The monoisotopic (exact) mass is 388 g/mol. The first-order valence-corrected chi connectivity index (χ1v) is 10.7. The van der Waals surface area contributed by atoms with Gasteiger partial charge >= 0.3 is 0 Å². The number of nitrogens with one attached hydrogen (secondary N) is 1. The fourth-order valence-electron chi connectivity index (χ4n) is 3.77. The quantitative estimate of drug-likeness (QED) is 0.824. The molecule has 1 N–H and O–H groups in total. The number of fused-ring (bicyclic) bond motifs is 1. The molecule has 1 atom stereocenters. The van der Waals surface area contributed by atoms with Gasteiger partial charge in [0.05, 0.1) is 4.90 Å². The van der Waals surface area contributed by atoms with Crippen molar-refractivity contribution in [3.05, 3.63) is 53.6 Å². The Morgan fingerprint density at radius 1 is 1.07 bits per heavy atom. The lowest BCUT2D eigenvalue weighted by Crippen LogP contribution is -2.37. The zero-order valence-corrected chi connectivity index (χ0v) is 16.2. The molecule has 2 heterocycles. The van der Waals surface area contributed by atoms with Gasteiger partial charge in [0.2, 0.25) is 16.8 Å². The molecular formula is C20H24N2O4S. The van der Waals surface area contributed by atoms with Crippen LogP contribution in [0.25, 0.3) is 0 Å². The van der Waals surface area contributed by atoms with Crippen molar-refractivity contribution in [2.24, 2.45) is 0 Å². The minimum Gasteiger partial charge on any atom is -0.454 e. The normalized spacial score (nSPS) is 18.0. The molecule has 1 fully saturated rings. The van der Waals surface area contributed by atoms with E-state index in [1.54, 1.807) is 12.1 Å². The van der Waals surface area contributed by atoms with E-state index in [9.17, 15) is 8.42 Å². The van der Waals surface area contributed by atoms with Gasteiger partial charge in [-0.3, -0.25) is 4.90 Å². The largest absolute Gasteiger partial charge is 0.454 e. The van der Waals surface area contributed by atoms with Gasteiger partial charge in [-0.2, -0.15) is 0 Å². The van der Waals surface area contributed by atoms with Crippen LogP contribution in [0.1, 0.15) is 30.0 Å². The van der Waals surface area contributed by atoms with Gasteiger partial charge in [0, 0.05) is 18.7 Å². The Bertz CT molecular complexity index is 923. The molecule has 2 aromatic rings. The lowest BCUT2D eigenvalue weighted by atomic mass is 10.0. The molecule has 0 aromatic heterocycles. The average molecular weight is 388 g/mol. The van der Waals surface area contributed by atoms with Gasteiger partial charge in [-0.1, -0.05) is 24.3 Å². The van der Waals surface area contributed by atoms with Gasteiger partial charge in [-0.15, -0.1) is 0 Å². The number of rotatable bonds is 6. The van der Waals surface area contributed by atoms with E-state index in [-0.39, 0.29) is 17.7 Å². The summed E-state index contributed by atoms with van der Waals surface area (Å²) in [5, 5.41) is 0. The fourth-order valence-corrected chi connectivity index (χ4v) is 4.82. The predicted octanol–water partition coefficient (Wildman–Crippen LogP) is 2.84. The molecule has 1 saturated heterocycles. The van der Waals surface area contributed by atoms with Crippen LogP contribution < -0.4 is 14.2 Å². The molecule has 6 nitrogen and oxygen atoms in total. The van der Waals surface area contributed by atoms with E-state index in [4.69, 9.17) is 9.47 Å². The maximum absolute atomic E-state index is 12.8. The Labute approximate surface area is 160 Å². The average Bonchev–Trinajstić information content (AvgIpc) is 3.34. The third kappa shape index (κ3) is 3.81. The van der Waals surface area contributed by atoms with Crippen molar-refractivity contribution in [2.75, 3.05) is 26.4 Å². The molecule has 4 rings (SSSR count). The highest BCUT2D eigenvalue weighted by Crippen LogP contribution is 2.34. The number of hydrogen-bond donors (Lipinski definition) is 1. The minimum atomic E-state index is -3.64. The molecule has 0 amide bonds. The molecule has 0 aliphatic carbocycles. The second kappa shape index (κ2) is 7.50. The Morgan fingerprint density at radius 2 is 1.81 bits per heavy atom. The molecular weight excluding hydrogens is 364 g/mol. The van der Waals surface area contributed by atoms with Gasteiger partial charge in [0.1, 0.15) is 0 Å². The standard InChI is InChI=1S/C20H24N2O4S/c1-15-6-2-3-7-17(15)18(22-10-4-5-11-22)13-21-27(23,24)16-8-9-19-20(12-16)26-14-25-19/h2-3,6-9,12,18,21H,4-5,10-11,13-14H2,1H3. The number of ether oxygens (including phenoxy) is 2. The summed E-state index contributed by atoms with van der Waals surface area (Å²) in [5.74, 6) is 1.04. The van der Waals surface area contributed by atoms with Gasteiger partial charge < -0.3 is 9.47 Å². The number of likely N-dealkylation sites (tertiary alicyclic amines) is 1. The Morgan fingerprint density at radius 3 is 2.59 bits per heavy atom. The van der Waals surface area contributed by atoms with Crippen molar-refractivity contribution >= 4 is 10.0 Å². The maximum Gasteiger partial charge on any atom is 0.240 e. The third-order valence-electron chi connectivity index (χ3n) is 5.25. The number of nitrogens with zero attached hydrogens (tertiary/aromatic N) is 1.